The first kappa shape index (κ1) is 27.0. The maximum atomic E-state index is 10.6. The number of carbonyl (C=O) groups is 2. The van der Waals surface area contributed by atoms with Crippen LogP contribution in [0.25, 0.3) is 0 Å². The van der Waals surface area contributed by atoms with Gasteiger partial charge in [0.25, 0.3) is 0 Å². The third-order valence-electron chi connectivity index (χ3n) is 8.80. The van der Waals surface area contributed by atoms with Crippen LogP contribution in [-0.2, 0) is 35.5 Å². The van der Waals surface area contributed by atoms with Crippen LogP contribution in [0.4, 0.5) is 0 Å². The zero-order chi connectivity index (χ0) is 26.8. The van der Waals surface area contributed by atoms with Gasteiger partial charge < -0.3 is 0 Å². The molecule has 2 heteroatoms. The largest absolute Gasteiger partial charge is 0.298 e. The molecule has 37 heavy (non-hydrogen) atoms. The van der Waals surface area contributed by atoms with E-state index >= 15 is 0 Å². The van der Waals surface area contributed by atoms with E-state index in [1.54, 1.807) is 11.1 Å². The molecule has 0 amide bonds. The zero-order valence-electron chi connectivity index (χ0n) is 23.5. The summed E-state index contributed by atoms with van der Waals surface area (Å²) in [7, 11) is 0. The number of hydrogen-bond acceptors (Lipinski definition) is 2. The standard InChI is InChI=1S/2C12H14O.C11H14/c1-12(2)6-5-10-7-9(8-13)3-4-11(10)12;1-12(2)6-5-10-4-3-9(8-13)7-11(10)12;1-11(2)8-7-9-5-3-4-6-10(9)11/h2*3-4,7-8H,5-6H2,1-2H3;3-6H,7-8H2,1-2H3. The quantitative estimate of drug-likeness (QED) is 0.335. The number of benzene rings is 3. The van der Waals surface area contributed by atoms with Gasteiger partial charge >= 0.3 is 0 Å². The van der Waals surface area contributed by atoms with Gasteiger partial charge in [-0.05, 0) is 100 Å². The van der Waals surface area contributed by atoms with Gasteiger partial charge in [0.2, 0.25) is 0 Å². The van der Waals surface area contributed by atoms with Crippen LogP contribution in [0.5, 0.6) is 0 Å². The third-order valence-corrected chi connectivity index (χ3v) is 8.80. The Labute approximate surface area is 223 Å². The molecule has 0 radical (unpaired) electrons. The summed E-state index contributed by atoms with van der Waals surface area (Å²) in [5, 5.41) is 0. The van der Waals surface area contributed by atoms with E-state index in [-0.39, 0.29) is 5.41 Å². The van der Waals surface area contributed by atoms with Crippen LogP contribution in [0.3, 0.4) is 0 Å². The van der Waals surface area contributed by atoms with Crippen molar-refractivity contribution in [3.05, 3.63) is 105 Å². The predicted octanol–water partition coefficient (Wildman–Crippen LogP) is 8.36. The molecule has 0 atom stereocenters. The van der Waals surface area contributed by atoms with Gasteiger partial charge in [0.1, 0.15) is 12.6 Å². The lowest BCUT2D eigenvalue weighted by atomic mass is 9.86. The highest BCUT2D eigenvalue weighted by atomic mass is 16.1. The fourth-order valence-electron chi connectivity index (χ4n) is 6.21. The van der Waals surface area contributed by atoms with Crippen molar-refractivity contribution < 1.29 is 9.59 Å². The fraction of sp³-hybridized carbons (Fsp3) is 0.429. The highest BCUT2D eigenvalue weighted by molar-refractivity contribution is 5.76. The monoisotopic (exact) mass is 494 g/mol. The van der Waals surface area contributed by atoms with Crippen LogP contribution in [0.1, 0.15) is 115 Å². The SMILES string of the molecule is CC1(C)CCc2cc(C=O)ccc21.CC1(C)CCc2ccc(C=O)cc21.CC1(C)CCc2ccccc21. The number of aryl methyl sites for hydroxylation is 3. The lowest BCUT2D eigenvalue weighted by Gasteiger charge is -2.18. The Balaban J connectivity index is 0.000000130. The van der Waals surface area contributed by atoms with Crippen LogP contribution < -0.4 is 0 Å². The van der Waals surface area contributed by atoms with Crippen molar-refractivity contribution in [1.82, 2.24) is 0 Å². The summed E-state index contributed by atoms with van der Waals surface area (Å²) in [5.74, 6) is 0. The fourth-order valence-corrected chi connectivity index (χ4v) is 6.21. The summed E-state index contributed by atoms with van der Waals surface area (Å²) in [6.45, 7) is 13.7. The van der Waals surface area contributed by atoms with Gasteiger partial charge in [0.05, 0.1) is 0 Å². The van der Waals surface area contributed by atoms with Crippen molar-refractivity contribution in [3.8, 4) is 0 Å². The van der Waals surface area contributed by atoms with Gasteiger partial charge in [-0.3, -0.25) is 9.59 Å². The minimum atomic E-state index is 0.258. The maximum absolute atomic E-state index is 10.6. The van der Waals surface area contributed by atoms with Crippen molar-refractivity contribution in [2.24, 2.45) is 0 Å². The van der Waals surface area contributed by atoms with Crippen LogP contribution >= 0.6 is 0 Å². The van der Waals surface area contributed by atoms with Gasteiger partial charge in [0, 0.05) is 11.1 Å². The minimum absolute atomic E-state index is 0.258. The molecule has 194 valence electrons. The first-order chi connectivity index (χ1) is 17.5. The van der Waals surface area contributed by atoms with Gasteiger partial charge in [-0.2, -0.15) is 0 Å². The van der Waals surface area contributed by atoms with Crippen LogP contribution in [-0.4, -0.2) is 12.6 Å². The Kier molecular flexibility index (Phi) is 7.60. The van der Waals surface area contributed by atoms with E-state index in [4.69, 9.17) is 0 Å². The third kappa shape index (κ3) is 5.79. The summed E-state index contributed by atoms with van der Waals surface area (Å²) in [6, 6.07) is 20.9. The lowest BCUT2D eigenvalue weighted by molar-refractivity contribution is 0.111. The summed E-state index contributed by atoms with van der Waals surface area (Å²) in [6.07, 6.45) is 9.09. The van der Waals surface area contributed by atoms with Crippen molar-refractivity contribution >= 4 is 12.6 Å². The Morgan fingerprint density at radius 1 is 0.514 bits per heavy atom. The number of hydrogen-bond donors (Lipinski definition) is 0. The van der Waals surface area contributed by atoms with E-state index in [0.29, 0.717) is 10.8 Å². The van der Waals surface area contributed by atoms with Crippen LogP contribution in [0, 0.1) is 0 Å². The molecule has 3 aliphatic rings. The van der Waals surface area contributed by atoms with E-state index in [9.17, 15) is 9.59 Å². The molecular formula is C35H42O2. The second-order valence-corrected chi connectivity index (χ2v) is 12.9. The molecular weight excluding hydrogens is 452 g/mol. The van der Waals surface area contributed by atoms with Gasteiger partial charge in [-0.15, -0.1) is 0 Å². The molecule has 0 saturated heterocycles. The smallest absolute Gasteiger partial charge is 0.150 e. The van der Waals surface area contributed by atoms with Gasteiger partial charge in [-0.1, -0.05) is 90.1 Å². The number of rotatable bonds is 2. The molecule has 2 nitrogen and oxygen atoms in total. The normalized spacial score (nSPS) is 18.8. The number of carbonyl (C=O) groups excluding carboxylic acids is 2. The molecule has 0 spiro atoms. The topological polar surface area (TPSA) is 34.1 Å². The van der Waals surface area contributed by atoms with Crippen molar-refractivity contribution in [2.45, 2.75) is 96.3 Å². The molecule has 0 aromatic heterocycles. The van der Waals surface area contributed by atoms with Crippen LogP contribution in [0.15, 0.2) is 60.7 Å². The van der Waals surface area contributed by atoms with Gasteiger partial charge in [0.15, 0.2) is 0 Å². The average molecular weight is 495 g/mol. The molecule has 6 rings (SSSR count). The first-order valence-corrected chi connectivity index (χ1v) is 13.7. The molecule has 0 unspecified atom stereocenters. The molecule has 0 saturated carbocycles. The highest BCUT2D eigenvalue weighted by Crippen LogP contribution is 2.39. The van der Waals surface area contributed by atoms with Crippen molar-refractivity contribution in [2.75, 3.05) is 0 Å². The molecule has 3 aliphatic carbocycles. The molecule has 0 aliphatic heterocycles. The second-order valence-electron chi connectivity index (χ2n) is 12.9. The van der Waals surface area contributed by atoms with Crippen molar-refractivity contribution in [3.63, 3.8) is 0 Å². The Morgan fingerprint density at radius 2 is 0.973 bits per heavy atom. The Bertz CT molecular complexity index is 1290. The van der Waals surface area contributed by atoms with E-state index < -0.39 is 0 Å². The molecule has 3 aromatic rings. The summed E-state index contributed by atoms with van der Waals surface area (Å²) < 4.78 is 0. The summed E-state index contributed by atoms with van der Waals surface area (Å²) in [5.41, 5.74) is 11.2. The Morgan fingerprint density at radius 3 is 1.57 bits per heavy atom. The summed E-state index contributed by atoms with van der Waals surface area (Å²) >= 11 is 0. The maximum Gasteiger partial charge on any atom is 0.150 e. The average Bonchev–Trinajstić information content (AvgIpc) is 3.49. The highest BCUT2D eigenvalue weighted by Gasteiger charge is 2.30. The lowest BCUT2D eigenvalue weighted by Crippen LogP contribution is -2.11. The molecule has 0 N–H and O–H groups in total. The minimum Gasteiger partial charge on any atom is -0.298 e. The summed E-state index contributed by atoms with van der Waals surface area (Å²) in [4.78, 5) is 21.2. The molecule has 0 bridgehead atoms. The predicted molar refractivity (Wildman–Crippen MR) is 154 cm³/mol. The number of fused-ring (bicyclic) bond motifs is 3. The van der Waals surface area contributed by atoms with E-state index in [2.05, 4.69) is 77.9 Å². The van der Waals surface area contributed by atoms with E-state index in [0.717, 1.165) is 36.5 Å². The zero-order valence-corrected chi connectivity index (χ0v) is 23.5. The van der Waals surface area contributed by atoms with Gasteiger partial charge in [-0.25, -0.2) is 0 Å². The number of aldehydes is 2. The first-order valence-electron chi connectivity index (χ1n) is 13.7. The molecule has 0 heterocycles. The molecule has 3 aromatic carbocycles. The van der Waals surface area contributed by atoms with Crippen molar-refractivity contribution in [1.29, 1.82) is 0 Å². The van der Waals surface area contributed by atoms with E-state index in [1.165, 1.54) is 47.9 Å². The second kappa shape index (κ2) is 10.4. The van der Waals surface area contributed by atoms with Crippen LogP contribution in [0.2, 0.25) is 0 Å². The molecule has 0 fully saturated rings. The Hall–Kier alpha value is -3.00. The van der Waals surface area contributed by atoms with E-state index in [1.807, 2.05) is 24.3 Å².